The maximum Gasteiger partial charge on any atom is 0.407 e. The molecule has 0 fully saturated rings. The van der Waals surface area contributed by atoms with Gasteiger partial charge in [0.15, 0.2) is 0 Å². The Labute approximate surface area is 194 Å². The van der Waals surface area contributed by atoms with Gasteiger partial charge in [-0.2, -0.15) is 0 Å². The van der Waals surface area contributed by atoms with Gasteiger partial charge < -0.3 is 10.1 Å². The van der Waals surface area contributed by atoms with Crippen LogP contribution in [0.5, 0.6) is 0 Å². The Morgan fingerprint density at radius 2 is 1.31 bits per heavy atom. The van der Waals surface area contributed by atoms with E-state index in [1.54, 1.807) is 0 Å². The summed E-state index contributed by atoms with van der Waals surface area (Å²) in [6.07, 6.45) is 11.3. The molecular formula is C27H43NO4. The first-order valence-corrected chi connectivity index (χ1v) is 12.6. The molecule has 0 radical (unpaired) electrons. The van der Waals surface area contributed by atoms with Crippen molar-refractivity contribution < 1.29 is 19.1 Å². The number of ketones is 2. The summed E-state index contributed by atoms with van der Waals surface area (Å²) in [5.41, 5.74) is 0.958. The lowest BCUT2D eigenvalue weighted by molar-refractivity contribution is -0.120. The highest BCUT2D eigenvalue weighted by molar-refractivity contribution is 5.81. The number of hydrogen-bond acceptors (Lipinski definition) is 4. The smallest absolute Gasteiger partial charge is 0.407 e. The number of hydrogen-bond donors (Lipinski definition) is 1. The number of benzene rings is 1. The van der Waals surface area contributed by atoms with Crippen LogP contribution in [0.2, 0.25) is 0 Å². The maximum absolute atomic E-state index is 12.2. The van der Waals surface area contributed by atoms with Crippen LogP contribution in [0.15, 0.2) is 30.3 Å². The van der Waals surface area contributed by atoms with Crippen LogP contribution in [0.4, 0.5) is 4.79 Å². The summed E-state index contributed by atoms with van der Waals surface area (Å²) in [7, 11) is 0. The molecule has 1 unspecified atom stereocenters. The van der Waals surface area contributed by atoms with Gasteiger partial charge in [-0.05, 0) is 37.7 Å². The van der Waals surface area contributed by atoms with Crippen molar-refractivity contribution in [1.82, 2.24) is 5.32 Å². The molecule has 1 amide bonds. The van der Waals surface area contributed by atoms with Crippen LogP contribution in [0, 0.1) is 0 Å². The van der Waals surface area contributed by atoms with Gasteiger partial charge in [0.05, 0.1) is 0 Å². The van der Waals surface area contributed by atoms with Crippen LogP contribution >= 0.6 is 0 Å². The molecule has 0 aromatic heterocycles. The first-order valence-electron chi connectivity index (χ1n) is 12.6. The number of unbranched alkanes of at least 4 members (excludes halogenated alkanes) is 4. The standard InChI is InChI=1S/C27H43NO4/c1-3-5-8-16-24(28-27(31)32-22-23-14-10-7-11-15-23)17-12-19-26(30)21-13-20-25(29)18-9-6-4-2/h7,10-11,14-15,24H,3-6,8-9,12-13,16-22H2,1-2H3,(H,28,31). The van der Waals surface area contributed by atoms with Crippen LogP contribution < -0.4 is 5.32 Å². The molecule has 1 aromatic rings. The normalized spacial score (nSPS) is 11.7. The van der Waals surface area contributed by atoms with E-state index >= 15 is 0 Å². The molecule has 0 aliphatic carbocycles. The Balaban J connectivity index is 2.28. The molecule has 1 rings (SSSR count). The van der Waals surface area contributed by atoms with Crippen LogP contribution in [0.25, 0.3) is 0 Å². The number of ether oxygens (including phenoxy) is 1. The quantitative estimate of drug-likeness (QED) is 0.235. The highest BCUT2D eigenvalue weighted by Gasteiger charge is 2.14. The fraction of sp³-hybridized carbons (Fsp3) is 0.667. The van der Waals surface area contributed by atoms with Crippen molar-refractivity contribution in [2.45, 2.75) is 116 Å². The average molecular weight is 446 g/mol. The minimum absolute atomic E-state index is 0.0257. The summed E-state index contributed by atoms with van der Waals surface area (Å²) < 4.78 is 5.35. The summed E-state index contributed by atoms with van der Waals surface area (Å²) in [6.45, 7) is 4.54. The predicted molar refractivity (Wildman–Crippen MR) is 130 cm³/mol. The Kier molecular flexibility index (Phi) is 16.0. The SMILES string of the molecule is CCCCCC(=O)CCCC(=O)CCCC(CCCCC)NC(=O)OCc1ccccc1. The highest BCUT2D eigenvalue weighted by Crippen LogP contribution is 2.13. The summed E-state index contributed by atoms with van der Waals surface area (Å²) in [5.74, 6) is 0.491. The Morgan fingerprint density at radius 3 is 1.97 bits per heavy atom. The monoisotopic (exact) mass is 445 g/mol. The van der Waals surface area contributed by atoms with Crippen molar-refractivity contribution in [3.8, 4) is 0 Å². The van der Waals surface area contributed by atoms with E-state index in [-0.39, 0.29) is 24.2 Å². The molecule has 0 saturated carbocycles. The Morgan fingerprint density at radius 1 is 0.750 bits per heavy atom. The molecule has 32 heavy (non-hydrogen) atoms. The van der Waals surface area contributed by atoms with Crippen molar-refractivity contribution in [2.24, 2.45) is 0 Å². The third kappa shape index (κ3) is 14.8. The summed E-state index contributed by atoms with van der Waals surface area (Å²) in [6, 6.07) is 9.65. The lowest BCUT2D eigenvalue weighted by atomic mass is 10.00. The van der Waals surface area contributed by atoms with E-state index < -0.39 is 6.09 Å². The molecular weight excluding hydrogens is 402 g/mol. The van der Waals surface area contributed by atoms with Crippen molar-refractivity contribution in [3.63, 3.8) is 0 Å². The average Bonchev–Trinajstić information content (AvgIpc) is 2.78. The van der Waals surface area contributed by atoms with Gasteiger partial charge in [0.25, 0.3) is 0 Å². The molecule has 0 aliphatic rings. The molecule has 0 aliphatic heterocycles. The molecule has 1 N–H and O–H groups in total. The predicted octanol–water partition coefficient (Wildman–Crippen LogP) is 6.92. The summed E-state index contributed by atoms with van der Waals surface area (Å²) in [5, 5.41) is 2.99. The maximum atomic E-state index is 12.2. The van der Waals surface area contributed by atoms with Crippen LogP contribution in [-0.4, -0.2) is 23.7 Å². The van der Waals surface area contributed by atoms with Crippen molar-refractivity contribution >= 4 is 17.7 Å². The molecule has 0 heterocycles. The fourth-order valence-corrected chi connectivity index (χ4v) is 3.71. The van der Waals surface area contributed by atoms with Crippen LogP contribution in [0.1, 0.15) is 109 Å². The first kappa shape index (κ1) is 27.9. The Bertz CT molecular complexity index is 644. The zero-order chi connectivity index (χ0) is 23.4. The number of carbonyl (C=O) groups is 3. The third-order valence-corrected chi connectivity index (χ3v) is 5.67. The molecule has 1 aromatic carbocycles. The molecule has 180 valence electrons. The van der Waals surface area contributed by atoms with E-state index in [0.717, 1.165) is 63.4 Å². The van der Waals surface area contributed by atoms with Crippen molar-refractivity contribution in [2.75, 3.05) is 0 Å². The summed E-state index contributed by atoms with van der Waals surface area (Å²) >= 11 is 0. The highest BCUT2D eigenvalue weighted by atomic mass is 16.5. The second-order valence-electron chi connectivity index (χ2n) is 8.68. The van der Waals surface area contributed by atoms with E-state index in [4.69, 9.17) is 4.74 Å². The number of alkyl carbamates (subject to hydrolysis) is 1. The molecule has 0 bridgehead atoms. The number of rotatable bonds is 19. The third-order valence-electron chi connectivity index (χ3n) is 5.67. The largest absolute Gasteiger partial charge is 0.445 e. The zero-order valence-electron chi connectivity index (χ0n) is 20.2. The topological polar surface area (TPSA) is 72.5 Å². The Hall–Kier alpha value is -2.17. The second-order valence-corrected chi connectivity index (χ2v) is 8.68. The van der Waals surface area contributed by atoms with Gasteiger partial charge in [-0.25, -0.2) is 4.79 Å². The van der Waals surface area contributed by atoms with Gasteiger partial charge in [-0.3, -0.25) is 9.59 Å². The lowest BCUT2D eigenvalue weighted by Gasteiger charge is -2.18. The molecule has 1 atom stereocenters. The van der Waals surface area contributed by atoms with Crippen LogP contribution in [-0.2, 0) is 20.9 Å². The molecule has 0 spiro atoms. The van der Waals surface area contributed by atoms with E-state index in [1.165, 1.54) is 0 Å². The van der Waals surface area contributed by atoms with Gasteiger partial charge in [0.2, 0.25) is 0 Å². The van der Waals surface area contributed by atoms with E-state index in [9.17, 15) is 14.4 Å². The minimum Gasteiger partial charge on any atom is -0.445 e. The van der Waals surface area contributed by atoms with Gasteiger partial charge in [0.1, 0.15) is 18.2 Å². The zero-order valence-corrected chi connectivity index (χ0v) is 20.2. The van der Waals surface area contributed by atoms with E-state index in [0.29, 0.717) is 32.1 Å². The van der Waals surface area contributed by atoms with Crippen molar-refractivity contribution in [1.29, 1.82) is 0 Å². The number of nitrogens with one attached hydrogen (secondary N) is 1. The van der Waals surface area contributed by atoms with E-state index in [1.807, 2.05) is 30.3 Å². The number of carbonyl (C=O) groups excluding carboxylic acids is 3. The number of Topliss-reactive ketones (excluding diaryl/α,β-unsaturated/α-hetero) is 2. The van der Waals surface area contributed by atoms with Gasteiger partial charge in [0, 0.05) is 31.7 Å². The van der Waals surface area contributed by atoms with Crippen molar-refractivity contribution in [3.05, 3.63) is 35.9 Å². The molecule has 5 heteroatoms. The minimum atomic E-state index is -0.400. The van der Waals surface area contributed by atoms with Gasteiger partial charge in [-0.1, -0.05) is 76.3 Å². The fourth-order valence-electron chi connectivity index (χ4n) is 3.71. The second kappa shape index (κ2) is 18.4. The van der Waals surface area contributed by atoms with Crippen LogP contribution in [0.3, 0.4) is 0 Å². The molecule has 0 saturated heterocycles. The lowest BCUT2D eigenvalue weighted by Crippen LogP contribution is -2.35. The van der Waals surface area contributed by atoms with Gasteiger partial charge in [-0.15, -0.1) is 0 Å². The van der Waals surface area contributed by atoms with Gasteiger partial charge >= 0.3 is 6.09 Å². The molecule has 5 nitrogen and oxygen atoms in total. The first-order chi connectivity index (χ1) is 15.5. The van der Waals surface area contributed by atoms with E-state index in [2.05, 4.69) is 19.2 Å². The number of amides is 1. The summed E-state index contributed by atoms with van der Waals surface area (Å²) in [4.78, 5) is 36.2.